The predicted molar refractivity (Wildman–Crippen MR) is 103 cm³/mol. The van der Waals surface area contributed by atoms with Crippen molar-refractivity contribution >= 4 is 23.3 Å². The van der Waals surface area contributed by atoms with E-state index in [1.165, 1.54) is 6.20 Å². The highest BCUT2D eigenvalue weighted by molar-refractivity contribution is 6.05. The van der Waals surface area contributed by atoms with Crippen molar-refractivity contribution in [3.05, 3.63) is 42.4 Å². The Hall–Kier alpha value is -2.96. The van der Waals surface area contributed by atoms with Crippen molar-refractivity contribution in [2.45, 2.75) is 33.6 Å². The Kier molecular flexibility index (Phi) is 5.39. The van der Waals surface area contributed by atoms with E-state index in [1.807, 2.05) is 0 Å². The van der Waals surface area contributed by atoms with Gasteiger partial charge in [-0.2, -0.15) is 0 Å². The summed E-state index contributed by atoms with van der Waals surface area (Å²) in [6, 6.07) is 4.87. The zero-order valence-electron chi connectivity index (χ0n) is 15.8. The smallest absolute Gasteiger partial charge is 0.255 e. The maximum Gasteiger partial charge on any atom is 0.255 e. The van der Waals surface area contributed by atoms with E-state index >= 15 is 0 Å². The van der Waals surface area contributed by atoms with Gasteiger partial charge in [0.25, 0.3) is 5.91 Å². The van der Waals surface area contributed by atoms with E-state index in [-0.39, 0.29) is 23.1 Å². The average molecular weight is 368 g/mol. The van der Waals surface area contributed by atoms with Crippen molar-refractivity contribution in [1.29, 1.82) is 0 Å². The van der Waals surface area contributed by atoms with Gasteiger partial charge in [0.1, 0.15) is 17.3 Å². The Morgan fingerprint density at radius 2 is 1.96 bits per heavy atom. The number of nitrogens with zero attached hydrogens (tertiary/aromatic N) is 2. The molecule has 0 unspecified atom stereocenters. The minimum atomic E-state index is -0.326. The van der Waals surface area contributed by atoms with Crippen LogP contribution in [0.3, 0.4) is 0 Å². The molecule has 7 heteroatoms. The van der Waals surface area contributed by atoms with Gasteiger partial charge in [-0.15, -0.1) is 0 Å². The van der Waals surface area contributed by atoms with Crippen molar-refractivity contribution in [2.24, 2.45) is 11.3 Å². The number of anilines is 2. The standard InChI is InChI=1S/C20H24N4O3/c1-20(2,3)12-27-16-7-8-21-11-15(16)23-19(26)14-6-9-22-17(10-14)24-18(25)13-4-5-13/h6-11,13H,4-5,12H2,1-3H3,(H,23,26)(H,22,24,25). The first-order chi connectivity index (χ1) is 12.8. The number of carbonyl (C=O) groups is 2. The fourth-order valence-electron chi connectivity index (χ4n) is 2.30. The second-order valence-electron chi connectivity index (χ2n) is 7.87. The van der Waals surface area contributed by atoms with Gasteiger partial charge >= 0.3 is 0 Å². The van der Waals surface area contributed by atoms with E-state index in [2.05, 4.69) is 41.4 Å². The van der Waals surface area contributed by atoms with Gasteiger partial charge in [-0.1, -0.05) is 20.8 Å². The van der Waals surface area contributed by atoms with Crippen LogP contribution in [0.5, 0.6) is 5.75 Å². The summed E-state index contributed by atoms with van der Waals surface area (Å²) in [6.07, 6.45) is 6.48. The molecule has 2 amide bonds. The fourth-order valence-corrected chi connectivity index (χ4v) is 2.30. The Morgan fingerprint density at radius 1 is 1.19 bits per heavy atom. The van der Waals surface area contributed by atoms with E-state index in [0.29, 0.717) is 29.4 Å². The van der Waals surface area contributed by atoms with Crippen LogP contribution >= 0.6 is 0 Å². The molecule has 0 aromatic carbocycles. The number of carbonyl (C=O) groups excluding carboxylic acids is 2. The van der Waals surface area contributed by atoms with Crippen LogP contribution < -0.4 is 15.4 Å². The first-order valence-electron chi connectivity index (χ1n) is 8.97. The number of amides is 2. The second kappa shape index (κ2) is 7.73. The highest BCUT2D eigenvalue weighted by Crippen LogP contribution is 2.30. The number of aromatic nitrogens is 2. The third kappa shape index (κ3) is 5.51. The van der Waals surface area contributed by atoms with E-state index in [0.717, 1.165) is 12.8 Å². The molecule has 0 bridgehead atoms. The lowest BCUT2D eigenvalue weighted by Crippen LogP contribution is -2.19. The van der Waals surface area contributed by atoms with Crippen molar-refractivity contribution in [3.63, 3.8) is 0 Å². The molecule has 7 nitrogen and oxygen atoms in total. The molecular weight excluding hydrogens is 344 g/mol. The summed E-state index contributed by atoms with van der Waals surface area (Å²) < 4.78 is 5.82. The summed E-state index contributed by atoms with van der Waals surface area (Å²) in [5.74, 6) is 0.625. The van der Waals surface area contributed by atoms with Crippen molar-refractivity contribution < 1.29 is 14.3 Å². The number of hydrogen-bond acceptors (Lipinski definition) is 5. The van der Waals surface area contributed by atoms with Gasteiger partial charge in [-0.05, 0) is 30.4 Å². The highest BCUT2D eigenvalue weighted by Gasteiger charge is 2.29. The number of pyridine rings is 2. The van der Waals surface area contributed by atoms with Gasteiger partial charge in [-0.3, -0.25) is 14.6 Å². The lowest BCUT2D eigenvalue weighted by molar-refractivity contribution is -0.117. The lowest BCUT2D eigenvalue weighted by Gasteiger charge is -2.20. The number of rotatable bonds is 6. The average Bonchev–Trinajstić information content (AvgIpc) is 3.46. The monoisotopic (exact) mass is 368 g/mol. The zero-order valence-corrected chi connectivity index (χ0v) is 15.8. The molecule has 2 heterocycles. The van der Waals surface area contributed by atoms with Gasteiger partial charge in [0.2, 0.25) is 5.91 Å². The third-order valence-corrected chi connectivity index (χ3v) is 3.91. The first-order valence-corrected chi connectivity index (χ1v) is 8.97. The number of ether oxygens (including phenoxy) is 1. The van der Waals surface area contributed by atoms with Crippen LogP contribution in [0.2, 0.25) is 0 Å². The Balaban J connectivity index is 1.69. The molecule has 2 N–H and O–H groups in total. The van der Waals surface area contributed by atoms with Gasteiger partial charge in [0, 0.05) is 29.9 Å². The molecule has 0 atom stereocenters. The molecule has 1 fully saturated rings. The van der Waals surface area contributed by atoms with Crippen LogP contribution in [0.15, 0.2) is 36.8 Å². The highest BCUT2D eigenvalue weighted by atomic mass is 16.5. The van der Waals surface area contributed by atoms with Crippen LogP contribution in [0.1, 0.15) is 44.0 Å². The largest absolute Gasteiger partial charge is 0.491 e. The molecular formula is C20H24N4O3. The molecule has 1 aliphatic carbocycles. The Morgan fingerprint density at radius 3 is 2.67 bits per heavy atom. The van der Waals surface area contributed by atoms with Crippen LogP contribution in [0.25, 0.3) is 0 Å². The molecule has 0 spiro atoms. The Bertz CT molecular complexity index is 841. The molecule has 2 aromatic rings. The fraction of sp³-hybridized carbons (Fsp3) is 0.400. The number of nitrogens with one attached hydrogen (secondary N) is 2. The molecule has 0 radical (unpaired) electrons. The van der Waals surface area contributed by atoms with E-state index in [4.69, 9.17) is 4.74 Å². The summed E-state index contributed by atoms with van der Waals surface area (Å²) in [4.78, 5) is 32.6. The molecule has 1 saturated carbocycles. The molecule has 1 aliphatic rings. The summed E-state index contributed by atoms with van der Waals surface area (Å²) in [5.41, 5.74) is 0.874. The van der Waals surface area contributed by atoms with E-state index in [9.17, 15) is 9.59 Å². The molecule has 0 aliphatic heterocycles. The second-order valence-corrected chi connectivity index (χ2v) is 7.87. The van der Waals surface area contributed by atoms with E-state index in [1.54, 1.807) is 30.6 Å². The van der Waals surface area contributed by atoms with Crippen molar-refractivity contribution in [1.82, 2.24) is 9.97 Å². The topological polar surface area (TPSA) is 93.2 Å². The van der Waals surface area contributed by atoms with Gasteiger partial charge in [0.05, 0.1) is 12.8 Å². The normalized spacial score (nSPS) is 13.7. The summed E-state index contributed by atoms with van der Waals surface area (Å²) in [7, 11) is 0. The van der Waals surface area contributed by atoms with Crippen LogP contribution in [0, 0.1) is 11.3 Å². The Labute approximate surface area is 158 Å². The minimum absolute atomic E-state index is 0.00961. The van der Waals surface area contributed by atoms with Crippen LogP contribution in [0.4, 0.5) is 11.5 Å². The quantitative estimate of drug-likeness (QED) is 0.814. The maximum absolute atomic E-state index is 12.6. The van der Waals surface area contributed by atoms with E-state index < -0.39 is 0 Å². The summed E-state index contributed by atoms with van der Waals surface area (Å²) in [6.45, 7) is 6.72. The van der Waals surface area contributed by atoms with Crippen molar-refractivity contribution in [3.8, 4) is 5.75 Å². The predicted octanol–water partition coefficient (Wildman–Crippen LogP) is 3.50. The van der Waals surface area contributed by atoms with Crippen molar-refractivity contribution in [2.75, 3.05) is 17.2 Å². The molecule has 2 aromatic heterocycles. The van der Waals surface area contributed by atoms with Gasteiger partial charge in [-0.25, -0.2) is 4.98 Å². The molecule has 3 rings (SSSR count). The van der Waals surface area contributed by atoms with Crippen LogP contribution in [-0.4, -0.2) is 28.4 Å². The lowest BCUT2D eigenvalue weighted by atomic mass is 9.99. The molecule has 0 saturated heterocycles. The van der Waals surface area contributed by atoms with Gasteiger partial charge in [0.15, 0.2) is 0 Å². The third-order valence-electron chi connectivity index (χ3n) is 3.91. The van der Waals surface area contributed by atoms with Gasteiger partial charge < -0.3 is 15.4 Å². The SMILES string of the molecule is CC(C)(C)COc1ccncc1NC(=O)c1ccnc(NC(=O)C2CC2)c1. The summed E-state index contributed by atoms with van der Waals surface area (Å²) >= 11 is 0. The summed E-state index contributed by atoms with van der Waals surface area (Å²) in [5, 5.41) is 5.56. The zero-order chi connectivity index (χ0) is 19.4. The maximum atomic E-state index is 12.6. The number of hydrogen-bond donors (Lipinski definition) is 2. The molecule has 142 valence electrons. The first kappa shape index (κ1) is 18.8. The molecule has 27 heavy (non-hydrogen) atoms. The minimum Gasteiger partial charge on any atom is -0.491 e. The van der Waals surface area contributed by atoms with Crippen LogP contribution in [-0.2, 0) is 4.79 Å².